The van der Waals surface area contributed by atoms with Gasteiger partial charge in [0.15, 0.2) is 5.82 Å². The minimum absolute atomic E-state index is 0.116. The molecule has 1 aliphatic heterocycles. The Morgan fingerprint density at radius 3 is 2.33 bits per heavy atom. The predicted octanol–water partition coefficient (Wildman–Crippen LogP) is 3.64. The van der Waals surface area contributed by atoms with Crippen molar-refractivity contribution in [2.24, 2.45) is 0 Å². The molecule has 1 fully saturated rings. The monoisotopic (exact) mass is 406 g/mol. The van der Waals surface area contributed by atoms with E-state index in [9.17, 15) is 9.18 Å². The number of nitrogens with zero attached hydrogens (tertiary/aromatic N) is 4. The largest absolute Gasteiger partial charge is 0.494 e. The van der Waals surface area contributed by atoms with Gasteiger partial charge in [-0.05, 0) is 55.5 Å². The maximum absolute atomic E-state index is 13.9. The minimum Gasteiger partial charge on any atom is -0.494 e. The topological polar surface area (TPSA) is 58.6 Å². The Kier molecular flexibility index (Phi) is 5.88. The van der Waals surface area contributed by atoms with Gasteiger partial charge < -0.3 is 14.5 Å². The lowest BCUT2D eigenvalue weighted by molar-refractivity contribution is 0.0742. The second kappa shape index (κ2) is 8.90. The van der Waals surface area contributed by atoms with Gasteiger partial charge in [0, 0.05) is 31.7 Å². The van der Waals surface area contributed by atoms with Crippen LogP contribution in [0, 0.1) is 5.82 Å². The van der Waals surface area contributed by atoms with Gasteiger partial charge in [0.25, 0.3) is 5.91 Å². The van der Waals surface area contributed by atoms with Gasteiger partial charge in [-0.2, -0.15) is 0 Å². The highest BCUT2D eigenvalue weighted by molar-refractivity contribution is 5.94. The molecule has 7 heteroatoms. The van der Waals surface area contributed by atoms with Crippen molar-refractivity contribution in [2.75, 3.05) is 37.7 Å². The molecular formula is C23H23FN4O2. The number of hydrogen-bond donors (Lipinski definition) is 0. The van der Waals surface area contributed by atoms with E-state index in [0.717, 1.165) is 22.8 Å². The summed E-state index contributed by atoms with van der Waals surface area (Å²) in [5.74, 6) is 0.835. The first-order chi connectivity index (χ1) is 14.7. The molecule has 0 saturated carbocycles. The second-order valence-corrected chi connectivity index (χ2v) is 6.99. The van der Waals surface area contributed by atoms with Crippen LogP contribution in [0.2, 0.25) is 0 Å². The second-order valence-electron chi connectivity index (χ2n) is 6.99. The summed E-state index contributed by atoms with van der Waals surface area (Å²) >= 11 is 0. The number of aromatic nitrogens is 2. The van der Waals surface area contributed by atoms with Crippen molar-refractivity contribution in [2.45, 2.75) is 6.92 Å². The zero-order valence-electron chi connectivity index (χ0n) is 16.8. The molecule has 2 heterocycles. The van der Waals surface area contributed by atoms with E-state index >= 15 is 0 Å². The summed E-state index contributed by atoms with van der Waals surface area (Å²) < 4.78 is 19.4. The van der Waals surface area contributed by atoms with Gasteiger partial charge in [-0.25, -0.2) is 4.39 Å². The quantitative estimate of drug-likeness (QED) is 0.647. The van der Waals surface area contributed by atoms with Gasteiger partial charge >= 0.3 is 0 Å². The summed E-state index contributed by atoms with van der Waals surface area (Å²) in [4.78, 5) is 16.3. The third kappa shape index (κ3) is 4.25. The van der Waals surface area contributed by atoms with E-state index in [2.05, 4.69) is 15.1 Å². The molecule has 4 rings (SSSR count). The molecular weight excluding hydrogens is 383 g/mol. The number of carbonyl (C=O) groups is 1. The van der Waals surface area contributed by atoms with Crippen LogP contribution in [0.4, 0.5) is 10.2 Å². The van der Waals surface area contributed by atoms with Crippen molar-refractivity contribution in [3.8, 4) is 17.0 Å². The van der Waals surface area contributed by atoms with Crippen LogP contribution in [0.3, 0.4) is 0 Å². The molecule has 0 aliphatic carbocycles. The predicted molar refractivity (Wildman–Crippen MR) is 113 cm³/mol. The normalized spacial score (nSPS) is 13.9. The molecule has 0 spiro atoms. The van der Waals surface area contributed by atoms with Gasteiger partial charge in [-0.15, -0.1) is 10.2 Å². The fourth-order valence-corrected chi connectivity index (χ4v) is 3.48. The Balaban J connectivity index is 1.38. The first kappa shape index (κ1) is 19.8. The average Bonchev–Trinajstić information content (AvgIpc) is 2.80. The lowest BCUT2D eigenvalue weighted by Crippen LogP contribution is -2.49. The minimum atomic E-state index is -0.485. The third-order valence-electron chi connectivity index (χ3n) is 5.11. The SMILES string of the molecule is CCOc1ccc(-c2ccc(N3CCN(C(=O)c4ccccc4F)CC3)nn2)cc1. The van der Waals surface area contributed by atoms with Gasteiger partial charge in [0.05, 0.1) is 17.9 Å². The molecule has 0 atom stereocenters. The number of amides is 1. The Morgan fingerprint density at radius 2 is 1.70 bits per heavy atom. The lowest BCUT2D eigenvalue weighted by atomic mass is 10.1. The van der Waals surface area contributed by atoms with E-state index in [4.69, 9.17) is 4.74 Å². The molecule has 1 amide bonds. The number of rotatable bonds is 5. The Labute approximate surface area is 174 Å². The van der Waals surface area contributed by atoms with Crippen LogP contribution in [-0.4, -0.2) is 53.8 Å². The smallest absolute Gasteiger partial charge is 0.256 e. The summed E-state index contributed by atoms with van der Waals surface area (Å²) in [6.07, 6.45) is 0. The van der Waals surface area contributed by atoms with Crippen molar-refractivity contribution < 1.29 is 13.9 Å². The molecule has 0 unspecified atom stereocenters. The first-order valence-electron chi connectivity index (χ1n) is 10.0. The van der Waals surface area contributed by atoms with Crippen molar-refractivity contribution in [1.29, 1.82) is 0 Å². The van der Waals surface area contributed by atoms with Crippen molar-refractivity contribution >= 4 is 11.7 Å². The highest BCUT2D eigenvalue weighted by Crippen LogP contribution is 2.22. The molecule has 154 valence electrons. The number of piperazine rings is 1. The number of halogens is 1. The molecule has 3 aromatic rings. The van der Waals surface area contributed by atoms with E-state index in [1.54, 1.807) is 17.0 Å². The van der Waals surface area contributed by atoms with Crippen LogP contribution < -0.4 is 9.64 Å². The van der Waals surface area contributed by atoms with Crippen molar-refractivity contribution in [3.63, 3.8) is 0 Å². The zero-order valence-corrected chi connectivity index (χ0v) is 16.8. The molecule has 6 nitrogen and oxygen atoms in total. The van der Waals surface area contributed by atoms with Crippen molar-refractivity contribution in [3.05, 3.63) is 72.0 Å². The summed E-state index contributed by atoms with van der Waals surface area (Å²) in [6, 6.07) is 17.7. The maximum Gasteiger partial charge on any atom is 0.256 e. The van der Waals surface area contributed by atoms with E-state index in [0.29, 0.717) is 32.8 Å². The molecule has 30 heavy (non-hydrogen) atoms. The number of benzene rings is 2. The van der Waals surface area contributed by atoms with Crippen molar-refractivity contribution in [1.82, 2.24) is 15.1 Å². The maximum atomic E-state index is 13.9. The first-order valence-corrected chi connectivity index (χ1v) is 10.0. The molecule has 0 radical (unpaired) electrons. The van der Waals surface area contributed by atoms with Crippen LogP contribution in [0.5, 0.6) is 5.75 Å². The van der Waals surface area contributed by atoms with Gasteiger partial charge in [-0.1, -0.05) is 12.1 Å². The van der Waals surface area contributed by atoms with Crippen LogP contribution >= 0.6 is 0 Å². The van der Waals surface area contributed by atoms with E-state index < -0.39 is 5.82 Å². The molecule has 2 aromatic carbocycles. The number of hydrogen-bond acceptors (Lipinski definition) is 5. The van der Waals surface area contributed by atoms with Gasteiger partial charge in [0.2, 0.25) is 0 Å². The summed E-state index contributed by atoms with van der Waals surface area (Å²) in [5.41, 5.74) is 1.87. The number of anilines is 1. The average molecular weight is 406 g/mol. The third-order valence-corrected chi connectivity index (χ3v) is 5.11. The number of carbonyl (C=O) groups excluding carboxylic acids is 1. The molecule has 1 aliphatic rings. The highest BCUT2D eigenvalue weighted by atomic mass is 19.1. The standard InChI is InChI=1S/C23H23FN4O2/c1-2-30-18-9-7-17(8-10-18)21-11-12-22(26-25-21)27-13-15-28(16-14-27)23(29)19-5-3-4-6-20(19)24/h3-12H,2,13-16H2,1H3. The summed E-state index contributed by atoms with van der Waals surface area (Å²) in [7, 11) is 0. The van der Waals surface area contributed by atoms with Crippen LogP contribution in [0.1, 0.15) is 17.3 Å². The van der Waals surface area contributed by atoms with Crippen LogP contribution in [0.25, 0.3) is 11.3 Å². The zero-order chi connectivity index (χ0) is 20.9. The highest BCUT2D eigenvalue weighted by Gasteiger charge is 2.24. The molecule has 1 saturated heterocycles. The Bertz CT molecular complexity index is 1000. The number of ether oxygens (including phenoxy) is 1. The van der Waals surface area contributed by atoms with E-state index in [1.165, 1.54) is 12.1 Å². The summed E-state index contributed by atoms with van der Waals surface area (Å²) in [5, 5.41) is 8.71. The Hall–Kier alpha value is -3.48. The molecule has 0 bridgehead atoms. The van der Waals surface area contributed by atoms with Gasteiger partial charge in [0.1, 0.15) is 11.6 Å². The Morgan fingerprint density at radius 1 is 0.967 bits per heavy atom. The fraction of sp³-hybridized carbons (Fsp3) is 0.261. The lowest BCUT2D eigenvalue weighted by Gasteiger charge is -2.35. The molecule has 0 N–H and O–H groups in total. The molecule has 1 aromatic heterocycles. The van der Waals surface area contributed by atoms with E-state index in [1.807, 2.05) is 43.3 Å². The van der Waals surface area contributed by atoms with Crippen LogP contribution in [-0.2, 0) is 0 Å². The van der Waals surface area contributed by atoms with E-state index in [-0.39, 0.29) is 11.5 Å². The van der Waals surface area contributed by atoms with Gasteiger partial charge in [-0.3, -0.25) is 4.79 Å². The fourth-order valence-electron chi connectivity index (χ4n) is 3.48. The van der Waals surface area contributed by atoms with Crippen LogP contribution in [0.15, 0.2) is 60.7 Å². The summed E-state index contributed by atoms with van der Waals surface area (Å²) in [6.45, 7) is 4.85.